The van der Waals surface area contributed by atoms with Gasteiger partial charge in [0.05, 0.1) is 5.60 Å². The topological polar surface area (TPSA) is 58.6 Å². The number of alkyl carbamates (subject to hydrolysis) is 1. The van der Waals surface area contributed by atoms with Crippen LogP contribution in [0.15, 0.2) is 0 Å². The molecular formula is C13H25NO3. The van der Waals surface area contributed by atoms with Crippen molar-refractivity contribution in [2.24, 2.45) is 5.41 Å². The third-order valence-corrected chi connectivity index (χ3v) is 3.51. The Bertz CT molecular complexity index is 288. The molecule has 0 aromatic heterocycles. The lowest BCUT2D eigenvalue weighted by atomic mass is 9.63. The molecule has 0 aromatic rings. The van der Waals surface area contributed by atoms with Gasteiger partial charge in [0.2, 0.25) is 0 Å². The fraction of sp³-hybridized carbons (Fsp3) is 0.923. The molecule has 0 unspecified atom stereocenters. The Morgan fingerprint density at radius 2 is 1.82 bits per heavy atom. The number of hydrogen-bond acceptors (Lipinski definition) is 3. The molecule has 0 saturated heterocycles. The smallest absolute Gasteiger partial charge is 0.407 e. The van der Waals surface area contributed by atoms with E-state index in [1.54, 1.807) is 0 Å². The normalized spacial score (nSPS) is 19.4. The van der Waals surface area contributed by atoms with Crippen molar-refractivity contribution in [1.82, 2.24) is 5.32 Å². The first kappa shape index (κ1) is 14.3. The van der Waals surface area contributed by atoms with Gasteiger partial charge in [-0.2, -0.15) is 0 Å². The van der Waals surface area contributed by atoms with E-state index in [0.717, 1.165) is 19.3 Å². The third kappa shape index (κ3) is 3.60. The second-order valence-electron chi connectivity index (χ2n) is 6.62. The fourth-order valence-corrected chi connectivity index (χ4v) is 1.96. The zero-order valence-electron chi connectivity index (χ0n) is 11.6. The molecule has 17 heavy (non-hydrogen) atoms. The quantitative estimate of drug-likeness (QED) is 0.800. The molecule has 2 N–H and O–H groups in total. The average molecular weight is 243 g/mol. The second-order valence-corrected chi connectivity index (χ2v) is 6.62. The van der Waals surface area contributed by atoms with Crippen LogP contribution in [-0.4, -0.2) is 28.9 Å². The van der Waals surface area contributed by atoms with E-state index in [-0.39, 0.29) is 5.41 Å². The Balaban J connectivity index is 2.42. The van der Waals surface area contributed by atoms with Crippen molar-refractivity contribution >= 4 is 6.09 Å². The van der Waals surface area contributed by atoms with Crippen LogP contribution < -0.4 is 5.32 Å². The van der Waals surface area contributed by atoms with Gasteiger partial charge in [0.1, 0.15) is 5.60 Å². The SMILES string of the molecule is CC(C)(C)OC(=O)NCC(C)(C)C1(O)CCC1. The van der Waals surface area contributed by atoms with Crippen LogP contribution in [0.25, 0.3) is 0 Å². The van der Waals surface area contributed by atoms with Crippen molar-refractivity contribution in [1.29, 1.82) is 0 Å². The number of aliphatic hydroxyl groups is 1. The summed E-state index contributed by atoms with van der Waals surface area (Å²) in [6.45, 7) is 9.87. The van der Waals surface area contributed by atoms with Gasteiger partial charge in [0.25, 0.3) is 0 Å². The number of hydrogen-bond donors (Lipinski definition) is 2. The molecule has 1 saturated carbocycles. The predicted molar refractivity (Wildman–Crippen MR) is 66.8 cm³/mol. The van der Waals surface area contributed by atoms with Crippen LogP contribution >= 0.6 is 0 Å². The Hall–Kier alpha value is -0.770. The summed E-state index contributed by atoms with van der Waals surface area (Å²) in [6, 6.07) is 0. The standard InChI is InChI=1S/C13H25NO3/c1-11(2,3)17-10(15)14-9-12(4,5)13(16)7-6-8-13/h16H,6-9H2,1-5H3,(H,14,15). The first-order valence-corrected chi connectivity index (χ1v) is 6.25. The average Bonchev–Trinajstić information content (AvgIpc) is 2.08. The van der Waals surface area contributed by atoms with Gasteiger partial charge in [-0.1, -0.05) is 13.8 Å². The number of carbonyl (C=O) groups excluding carboxylic acids is 1. The first-order valence-electron chi connectivity index (χ1n) is 6.25. The van der Waals surface area contributed by atoms with Gasteiger partial charge in [-0.25, -0.2) is 4.79 Å². The van der Waals surface area contributed by atoms with E-state index < -0.39 is 17.3 Å². The molecule has 0 aliphatic heterocycles. The molecule has 1 aliphatic rings. The van der Waals surface area contributed by atoms with Crippen LogP contribution in [0.4, 0.5) is 4.79 Å². The molecule has 0 bridgehead atoms. The van der Waals surface area contributed by atoms with Gasteiger partial charge in [-0.3, -0.25) is 0 Å². The maximum absolute atomic E-state index is 11.5. The van der Waals surface area contributed by atoms with Crippen molar-refractivity contribution in [2.75, 3.05) is 6.54 Å². The highest BCUT2D eigenvalue weighted by molar-refractivity contribution is 5.67. The van der Waals surface area contributed by atoms with E-state index >= 15 is 0 Å². The van der Waals surface area contributed by atoms with Gasteiger partial charge in [-0.15, -0.1) is 0 Å². The second kappa shape index (κ2) is 4.48. The van der Waals surface area contributed by atoms with E-state index in [2.05, 4.69) is 5.32 Å². The maximum atomic E-state index is 11.5. The lowest BCUT2D eigenvalue weighted by Gasteiger charge is -2.49. The summed E-state index contributed by atoms with van der Waals surface area (Å²) >= 11 is 0. The number of rotatable bonds is 3. The molecule has 0 spiro atoms. The monoisotopic (exact) mass is 243 g/mol. The van der Waals surface area contributed by atoms with Crippen LogP contribution in [0, 0.1) is 5.41 Å². The number of ether oxygens (including phenoxy) is 1. The van der Waals surface area contributed by atoms with Gasteiger partial charge in [-0.05, 0) is 40.0 Å². The molecule has 1 amide bonds. The van der Waals surface area contributed by atoms with Gasteiger partial charge in [0, 0.05) is 12.0 Å². The van der Waals surface area contributed by atoms with E-state index in [1.807, 2.05) is 34.6 Å². The summed E-state index contributed by atoms with van der Waals surface area (Å²) in [4.78, 5) is 11.5. The number of carbonyl (C=O) groups is 1. The summed E-state index contributed by atoms with van der Waals surface area (Å²) < 4.78 is 5.17. The minimum atomic E-state index is -0.637. The molecule has 100 valence electrons. The highest BCUT2D eigenvalue weighted by Crippen LogP contribution is 2.45. The minimum Gasteiger partial charge on any atom is -0.444 e. The summed E-state index contributed by atoms with van der Waals surface area (Å²) in [5, 5.41) is 13.0. The van der Waals surface area contributed by atoms with Crippen LogP contribution in [0.2, 0.25) is 0 Å². The maximum Gasteiger partial charge on any atom is 0.407 e. The fourth-order valence-electron chi connectivity index (χ4n) is 1.96. The molecule has 4 nitrogen and oxygen atoms in total. The molecule has 0 radical (unpaired) electrons. The van der Waals surface area contributed by atoms with E-state index in [9.17, 15) is 9.90 Å². The minimum absolute atomic E-state index is 0.317. The molecule has 4 heteroatoms. The number of nitrogens with one attached hydrogen (secondary N) is 1. The van der Waals surface area contributed by atoms with Gasteiger partial charge < -0.3 is 15.2 Å². The zero-order chi connectivity index (χ0) is 13.3. The van der Waals surface area contributed by atoms with Crippen molar-refractivity contribution in [3.8, 4) is 0 Å². The predicted octanol–water partition coefficient (Wildman–Crippen LogP) is 2.45. The highest BCUT2D eigenvalue weighted by atomic mass is 16.6. The Labute approximate surface area is 104 Å². The third-order valence-electron chi connectivity index (χ3n) is 3.51. The van der Waals surface area contributed by atoms with Crippen LogP contribution in [0.5, 0.6) is 0 Å². The Morgan fingerprint density at radius 3 is 2.18 bits per heavy atom. The Morgan fingerprint density at radius 1 is 1.29 bits per heavy atom. The number of amides is 1. The highest BCUT2D eigenvalue weighted by Gasteiger charge is 2.47. The van der Waals surface area contributed by atoms with E-state index in [4.69, 9.17) is 4.74 Å². The molecule has 1 rings (SSSR count). The molecule has 0 aromatic carbocycles. The molecule has 0 heterocycles. The summed E-state index contributed by atoms with van der Waals surface area (Å²) in [6.07, 6.45) is 2.27. The lowest BCUT2D eigenvalue weighted by Crippen LogP contribution is -2.55. The van der Waals surface area contributed by atoms with Crippen LogP contribution in [0.3, 0.4) is 0 Å². The summed E-state index contributed by atoms with van der Waals surface area (Å²) in [5.41, 5.74) is -1.44. The van der Waals surface area contributed by atoms with Gasteiger partial charge >= 0.3 is 6.09 Å². The Kier molecular flexibility index (Phi) is 3.77. The van der Waals surface area contributed by atoms with Crippen molar-refractivity contribution in [2.45, 2.75) is 65.1 Å². The molecule has 1 fully saturated rings. The summed E-state index contributed by atoms with van der Waals surface area (Å²) in [7, 11) is 0. The molecule has 1 aliphatic carbocycles. The van der Waals surface area contributed by atoms with E-state index in [0.29, 0.717) is 6.54 Å². The van der Waals surface area contributed by atoms with E-state index in [1.165, 1.54) is 0 Å². The van der Waals surface area contributed by atoms with Crippen molar-refractivity contribution in [3.05, 3.63) is 0 Å². The first-order chi connectivity index (χ1) is 7.56. The summed E-state index contributed by atoms with van der Waals surface area (Å²) in [5.74, 6) is 0. The molecular weight excluding hydrogens is 218 g/mol. The van der Waals surface area contributed by atoms with Crippen molar-refractivity contribution in [3.63, 3.8) is 0 Å². The zero-order valence-corrected chi connectivity index (χ0v) is 11.6. The largest absolute Gasteiger partial charge is 0.444 e. The van der Waals surface area contributed by atoms with Crippen LogP contribution in [-0.2, 0) is 4.74 Å². The van der Waals surface area contributed by atoms with Crippen molar-refractivity contribution < 1.29 is 14.6 Å². The van der Waals surface area contributed by atoms with Gasteiger partial charge in [0.15, 0.2) is 0 Å². The molecule has 0 atom stereocenters. The van der Waals surface area contributed by atoms with Crippen LogP contribution in [0.1, 0.15) is 53.9 Å². The lowest BCUT2D eigenvalue weighted by molar-refractivity contribution is -0.123.